The Labute approximate surface area is 126 Å². The molecule has 0 amide bonds. The number of benzene rings is 2. The van der Waals surface area contributed by atoms with Crippen LogP contribution in [0, 0.1) is 0 Å². The van der Waals surface area contributed by atoms with Gasteiger partial charge in [0.2, 0.25) is 0 Å². The van der Waals surface area contributed by atoms with E-state index < -0.39 is 0 Å². The Balaban J connectivity index is 2.19. The van der Waals surface area contributed by atoms with Crippen molar-refractivity contribution in [1.82, 2.24) is 0 Å². The van der Waals surface area contributed by atoms with E-state index in [4.69, 9.17) is 15.2 Å². The molecule has 0 bridgehead atoms. The first-order valence-corrected chi connectivity index (χ1v) is 6.89. The van der Waals surface area contributed by atoms with E-state index in [1.807, 2.05) is 36.4 Å². The van der Waals surface area contributed by atoms with Crippen LogP contribution >= 0.6 is 0 Å². The summed E-state index contributed by atoms with van der Waals surface area (Å²) in [5.41, 5.74) is 9.07. The molecule has 0 heterocycles. The molecule has 4 heteroatoms. The van der Waals surface area contributed by atoms with Crippen LogP contribution < -0.4 is 20.1 Å². The molecule has 0 fully saturated rings. The van der Waals surface area contributed by atoms with Crippen molar-refractivity contribution < 1.29 is 9.47 Å². The van der Waals surface area contributed by atoms with Crippen molar-refractivity contribution in [3.8, 4) is 11.5 Å². The molecule has 0 radical (unpaired) electrons. The summed E-state index contributed by atoms with van der Waals surface area (Å²) in [7, 11) is 5.41. The average Bonchev–Trinajstić information content (AvgIpc) is 2.54. The lowest BCUT2D eigenvalue weighted by Crippen LogP contribution is -2.17. The highest BCUT2D eigenvalue weighted by Gasteiger charge is 2.08. The molecule has 112 valence electrons. The number of nitrogens with two attached hydrogens (primary N) is 1. The normalized spacial score (nSPS) is 10.3. The Bertz CT molecular complexity index is 582. The van der Waals surface area contributed by atoms with E-state index in [1.165, 1.54) is 0 Å². The second-order valence-corrected chi connectivity index (χ2v) is 4.90. The number of ether oxygens (including phenoxy) is 2. The fourth-order valence-electron chi connectivity index (χ4n) is 2.27. The van der Waals surface area contributed by atoms with E-state index in [1.54, 1.807) is 14.2 Å². The van der Waals surface area contributed by atoms with Crippen LogP contribution in [0.15, 0.2) is 42.5 Å². The molecule has 21 heavy (non-hydrogen) atoms. The fourth-order valence-corrected chi connectivity index (χ4v) is 2.27. The number of anilines is 1. The molecule has 0 saturated heterocycles. The summed E-state index contributed by atoms with van der Waals surface area (Å²) in [6, 6.07) is 14.1. The van der Waals surface area contributed by atoms with E-state index in [2.05, 4.69) is 18.0 Å². The molecular formula is C17H22N2O2. The number of hydrogen-bond donors (Lipinski definition) is 1. The summed E-state index contributed by atoms with van der Waals surface area (Å²) in [5.74, 6) is 1.74. The smallest absolute Gasteiger partial charge is 0.123 e. The molecule has 0 aromatic heterocycles. The van der Waals surface area contributed by atoms with E-state index in [-0.39, 0.29) is 0 Å². The van der Waals surface area contributed by atoms with Gasteiger partial charge < -0.3 is 20.1 Å². The van der Waals surface area contributed by atoms with Crippen LogP contribution in [0.3, 0.4) is 0 Å². The van der Waals surface area contributed by atoms with Crippen LogP contribution in [0.2, 0.25) is 0 Å². The van der Waals surface area contributed by atoms with Crippen LogP contribution in [-0.2, 0) is 13.1 Å². The standard InChI is InChI=1S/C17H22N2O2/c1-19(15-5-7-16(20-2)8-6-15)12-14-10-13(11-18)4-9-17(14)21-3/h4-10H,11-12,18H2,1-3H3. The van der Waals surface area contributed by atoms with E-state index in [9.17, 15) is 0 Å². The number of methoxy groups -OCH3 is 2. The zero-order valence-corrected chi connectivity index (χ0v) is 12.8. The Kier molecular flexibility index (Phi) is 5.06. The largest absolute Gasteiger partial charge is 0.497 e. The molecule has 0 unspecified atom stereocenters. The molecule has 2 rings (SSSR count). The first-order valence-electron chi connectivity index (χ1n) is 6.89. The van der Waals surface area contributed by atoms with Gasteiger partial charge in [0.05, 0.1) is 14.2 Å². The topological polar surface area (TPSA) is 47.7 Å². The van der Waals surface area contributed by atoms with Crippen molar-refractivity contribution in [3.05, 3.63) is 53.6 Å². The maximum Gasteiger partial charge on any atom is 0.123 e. The van der Waals surface area contributed by atoms with E-state index in [0.717, 1.165) is 34.9 Å². The summed E-state index contributed by atoms with van der Waals surface area (Å²) >= 11 is 0. The third-order valence-corrected chi connectivity index (χ3v) is 3.50. The molecule has 0 atom stereocenters. The van der Waals surface area contributed by atoms with Crippen LogP contribution in [0.4, 0.5) is 5.69 Å². The molecule has 2 N–H and O–H groups in total. The Morgan fingerprint density at radius 1 is 1.00 bits per heavy atom. The number of hydrogen-bond acceptors (Lipinski definition) is 4. The lowest BCUT2D eigenvalue weighted by molar-refractivity contribution is 0.409. The molecule has 0 aliphatic carbocycles. The first-order chi connectivity index (χ1) is 10.2. The lowest BCUT2D eigenvalue weighted by atomic mass is 10.1. The SMILES string of the molecule is COc1ccc(N(C)Cc2cc(CN)ccc2OC)cc1. The van der Waals surface area contributed by atoms with Crippen LogP contribution in [0.5, 0.6) is 11.5 Å². The quantitative estimate of drug-likeness (QED) is 0.887. The maximum atomic E-state index is 5.72. The third kappa shape index (κ3) is 3.67. The molecule has 0 spiro atoms. The van der Waals surface area contributed by atoms with Gasteiger partial charge in [0.25, 0.3) is 0 Å². The first kappa shape index (κ1) is 15.2. The molecule has 0 saturated carbocycles. The van der Waals surface area contributed by atoms with Gasteiger partial charge in [-0.3, -0.25) is 0 Å². The summed E-state index contributed by atoms with van der Waals surface area (Å²) in [6.07, 6.45) is 0. The molecule has 2 aromatic rings. The minimum absolute atomic E-state index is 0.531. The minimum Gasteiger partial charge on any atom is -0.497 e. The van der Waals surface area contributed by atoms with Crippen LogP contribution in [0.25, 0.3) is 0 Å². The predicted molar refractivity (Wildman–Crippen MR) is 86.0 cm³/mol. The number of rotatable bonds is 6. The van der Waals surface area contributed by atoms with E-state index >= 15 is 0 Å². The molecule has 0 aliphatic rings. The molecule has 4 nitrogen and oxygen atoms in total. The van der Waals surface area contributed by atoms with Crippen molar-refractivity contribution in [2.45, 2.75) is 13.1 Å². The Hall–Kier alpha value is -2.20. The zero-order chi connectivity index (χ0) is 15.2. The van der Waals surface area contributed by atoms with Gasteiger partial charge >= 0.3 is 0 Å². The van der Waals surface area contributed by atoms with Crippen molar-refractivity contribution in [1.29, 1.82) is 0 Å². The van der Waals surface area contributed by atoms with Gasteiger partial charge in [0, 0.05) is 31.4 Å². The second kappa shape index (κ2) is 6.99. The summed E-state index contributed by atoms with van der Waals surface area (Å²) in [5, 5.41) is 0. The summed E-state index contributed by atoms with van der Waals surface area (Å²) < 4.78 is 10.6. The summed E-state index contributed by atoms with van der Waals surface area (Å²) in [6.45, 7) is 1.28. The third-order valence-electron chi connectivity index (χ3n) is 3.50. The van der Waals surface area contributed by atoms with Gasteiger partial charge in [-0.25, -0.2) is 0 Å². The highest BCUT2D eigenvalue weighted by molar-refractivity contribution is 5.50. The zero-order valence-electron chi connectivity index (χ0n) is 12.8. The monoisotopic (exact) mass is 286 g/mol. The second-order valence-electron chi connectivity index (χ2n) is 4.90. The predicted octanol–water partition coefficient (Wildman–Crippen LogP) is 2.80. The highest BCUT2D eigenvalue weighted by Crippen LogP contribution is 2.25. The highest BCUT2D eigenvalue weighted by atomic mass is 16.5. The van der Waals surface area contributed by atoms with Gasteiger partial charge in [-0.05, 0) is 42.0 Å². The van der Waals surface area contributed by atoms with Gasteiger partial charge in [0.15, 0.2) is 0 Å². The summed E-state index contributed by atoms with van der Waals surface area (Å²) in [4.78, 5) is 2.16. The Morgan fingerprint density at radius 3 is 2.29 bits per heavy atom. The van der Waals surface area contributed by atoms with Gasteiger partial charge in [-0.2, -0.15) is 0 Å². The van der Waals surface area contributed by atoms with Gasteiger partial charge in [0.1, 0.15) is 11.5 Å². The van der Waals surface area contributed by atoms with Crippen molar-refractivity contribution in [2.75, 3.05) is 26.2 Å². The maximum absolute atomic E-state index is 5.72. The molecular weight excluding hydrogens is 264 g/mol. The van der Waals surface area contributed by atoms with Crippen LogP contribution in [0.1, 0.15) is 11.1 Å². The number of nitrogens with zero attached hydrogens (tertiary/aromatic N) is 1. The van der Waals surface area contributed by atoms with Gasteiger partial charge in [-0.15, -0.1) is 0 Å². The molecule has 0 aliphatic heterocycles. The van der Waals surface area contributed by atoms with E-state index in [0.29, 0.717) is 6.54 Å². The lowest BCUT2D eigenvalue weighted by Gasteiger charge is -2.21. The van der Waals surface area contributed by atoms with Crippen molar-refractivity contribution >= 4 is 5.69 Å². The fraction of sp³-hybridized carbons (Fsp3) is 0.294. The Morgan fingerprint density at radius 2 is 1.71 bits per heavy atom. The van der Waals surface area contributed by atoms with Gasteiger partial charge in [-0.1, -0.05) is 6.07 Å². The minimum atomic E-state index is 0.531. The van der Waals surface area contributed by atoms with Crippen LogP contribution in [-0.4, -0.2) is 21.3 Å². The van der Waals surface area contributed by atoms with Crippen molar-refractivity contribution in [3.63, 3.8) is 0 Å². The molecule has 2 aromatic carbocycles. The van der Waals surface area contributed by atoms with Crippen molar-refractivity contribution in [2.24, 2.45) is 5.73 Å². The average molecular weight is 286 g/mol.